The van der Waals surface area contributed by atoms with E-state index in [1.165, 1.54) is 13.2 Å². The zero-order chi connectivity index (χ0) is 23.0. The van der Waals surface area contributed by atoms with Crippen molar-refractivity contribution in [1.29, 1.82) is 0 Å². The highest BCUT2D eigenvalue weighted by molar-refractivity contribution is 5.97. The summed E-state index contributed by atoms with van der Waals surface area (Å²) in [6, 6.07) is 27.8. The molecule has 0 aliphatic rings. The number of carboxylic acids is 1. The molecule has 3 aromatic carbocycles. The molecule has 1 heterocycles. The van der Waals surface area contributed by atoms with E-state index in [1.807, 2.05) is 60.7 Å². The first-order valence-corrected chi connectivity index (χ1v) is 10.4. The Morgan fingerprint density at radius 3 is 2.00 bits per heavy atom. The Morgan fingerprint density at radius 2 is 1.39 bits per heavy atom. The molecular weight excluding hydrogens is 418 g/mol. The van der Waals surface area contributed by atoms with Gasteiger partial charge >= 0.3 is 5.97 Å². The van der Waals surface area contributed by atoms with Crippen LogP contribution in [-0.2, 0) is 13.2 Å². The molecular formula is C27H23NO5. The third kappa shape index (κ3) is 5.49. The number of aromatic carboxylic acids is 1. The van der Waals surface area contributed by atoms with E-state index >= 15 is 0 Å². The number of carbonyl (C=O) groups is 1. The number of hydrogen-bond donors (Lipinski definition) is 1. The highest BCUT2D eigenvalue weighted by Crippen LogP contribution is 2.35. The van der Waals surface area contributed by atoms with E-state index in [4.69, 9.17) is 14.2 Å². The van der Waals surface area contributed by atoms with Crippen LogP contribution in [0.25, 0.3) is 11.1 Å². The maximum atomic E-state index is 11.9. The van der Waals surface area contributed by atoms with Gasteiger partial charge in [0.2, 0.25) is 11.8 Å². The zero-order valence-electron chi connectivity index (χ0n) is 18.1. The third-order valence-corrected chi connectivity index (χ3v) is 5.03. The van der Waals surface area contributed by atoms with Gasteiger partial charge in [-0.05, 0) is 35.4 Å². The van der Waals surface area contributed by atoms with Crippen molar-refractivity contribution < 1.29 is 24.1 Å². The summed E-state index contributed by atoms with van der Waals surface area (Å²) in [7, 11) is 1.50. The van der Waals surface area contributed by atoms with E-state index in [1.54, 1.807) is 24.3 Å². The van der Waals surface area contributed by atoms with Gasteiger partial charge in [-0.1, -0.05) is 60.7 Å². The predicted molar refractivity (Wildman–Crippen MR) is 125 cm³/mol. The first-order valence-electron chi connectivity index (χ1n) is 10.4. The van der Waals surface area contributed by atoms with Crippen LogP contribution in [-0.4, -0.2) is 23.2 Å². The molecule has 166 valence electrons. The fourth-order valence-corrected chi connectivity index (χ4v) is 3.34. The third-order valence-electron chi connectivity index (χ3n) is 5.03. The van der Waals surface area contributed by atoms with Crippen LogP contribution < -0.4 is 14.2 Å². The molecule has 0 unspecified atom stereocenters. The Kier molecular flexibility index (Phi) is 6.85. The highest BCUT2D eigenvalue weighted by Gasteiger charge is 2.18. The van der Waals surface area contributed by atoms with Gasteiger partial charge in [0.15, 0.2) is 0 Å². The molecule has 4 aromatic rings. The van der Waals surface area contributed by atoms with E-state index in [9.17, 15) is 9.90 Å². The van der Waals surface area contributed by atoms with Gasteiger partial charge < -0.3 is 19.3 Å². The number of rotatable bonds is 9. The fourth-order valence-electron chi connectivity index (χ4n) is 3.34. The Hall–Kier alpha value is -4.32. The monoisotopic (exact) mass is 441 g/mol. The van der Waals surface area contributed by atoms with Crippen molar-refractivity contribution in [2.24, 2.45) is 0 Å². The number of carboxylic acid groups (broad SMARTS) is 1. The van der Waals surface area contributed by atoms with Gasteiger partial charge in [-0.25, -0.2) is 4.79 Å². The molecule has 0 amide bonds. The summed E-state index contributed by atoms with van der Waals surface area (Å²) in [5.41, 5.74) is 3.11. The van der Waals surface area contributed by atoms with E-state index in [-0.39, 0.29) is 18.1 Å². The van der Waals surface area contributed by atoms with Crippen LogP contribution in [0.15, 0.2) is 91.0 Å². The van der Waals surface area contributed by atoms with Gasteiger partial charge in [0.05, 0.1) is 12.7 Å². The summed E-state index contributed by atoms with van der Waals surface area (Å²) in [5, 5.41) is 9.77. The van der Waals surface area contributed by atoms with Crippen LogP contribution in [0.5, 0.6) is 17.5 Å². The molecule has 1 N–H and O–H groups in total. The van der Waals surface area contributed by atoms with Crippen LogP contribution in [0.4, 0.5) is 0 Å². The average Bonchev–Trinajstić information content (AvgIpc) is 2.87. The minimum atomic E-state index is -1.07. The van der Waals surface area contributed by atoms with Gasteiger partial charge in [-0.15, -0.1) is 0 Å². The van der Waals surface area contributed by atoms with Gasteiger partial charge in [-0.2, -0.15) is 4.98 Å². The number of nitrogens with zero attached hydrogens (tertiary/aromatic N) is 1. The predicted octanol–water partition coefficient (Wildman–Crippen LogP) is 5.61. The van der Waals surface area contributed by atoms with Crippen molar-refractivity contribution in [3.05, 3.63) is 108 Å². The van der Waals surface area contributed by atoms with E-state index in [0.29, 0.717) is 29.4 Å². The normalized spacial score (nSPS) is 10.5. The van der Waals surface area contributed by atoms with Crippen molar-refractivity contribution in [3.63, 3.8) is 0 Å². The summed E-state index contributed by atoms with van der Waals surface area (Å²) in [5.74, 6) is 0.0640. The summed E-state index contributed by atoms with van der Waals surface area (Å²) in [6.45, 7) is 0.635. The summed E-state index contributed by atoms with van der Waals surface area (Å²) >= 11 is 0. The number of ether oxygens (including phenoxy) is 3. The van der Waals surface area contributed by atoms with E-state index in [0.717, 1.165) is 11.1 Å². The van der Waals surface area contributed by atoms with E-state index in [2.05, 4.69) is 4.98 Å². The quantitative estimate of drug-likeness (QED) is 0.364. The first-order chi connectivity index (χ1) is 16.1. The lowest BCUT2D eigenvalue weighted by Gasteiger charge is -2.15. The standard InChI is InChI=1S/C27H23NO5/c1-31-21-12-13-22(24(16-21)27(29)30)23-14-15-25(32-17-19-8-4-2-5-9-19)28-26(23)33-18-20-10-6-3-7-11-20/h2-16H,17-18H2,1H3,(H,29,30). The second kappa shape index (κ2) is 10.3. The van der Waals surface area contributed by atoms with Gasteiger partial charge in [0.25, 0.3) is 0 Å². The molecule has 0 aliphatic carbocycles. The number of pyridine rings is 1. The Bertz CT molecular complexity index is 1230. The molecule has 0 fully saturated rings. The fraction of sp³-hybridized carbons (Fsp3) is 0.111. The van der Waals surface area contributed by atoms with Crippen LogP contribution in [0.1, 0.15) is 21.5 Å². The molecule has 0 saturated carbocycles. The minimum absolute atomic E-state index is 0.0960. The van der Waals surface area contributed by atoms with Crippen LogP contribution >= 0.6 is 0 Å². The van der Waals surface area contributed by atoms with Crippen LogP contribution in [0, 0.1) is 0 Å². The Labute approximate surface area is 192 Å². The molecule has 33 heavy (non-hydrogen) atoms. The van der Waals surface area contributed by atoms with Crippen molar-refractivity contribution >= 4 is 5.97 Å². The molecule has 0 atom stereocenters. The van der Waals surface area contributed by atoms with Gasteiger partial charge in [0, 0.05) is 17.2 Å². The van der Waals surface area contributed by atoms with Crippen LogP contribution in [0.3, 0.4) is 0 Å². The topological polar surface area (TPSA) is 77.9 Å². The molecule has 6 nitrogen and oxygen atoms in total. The lowest BCUT2D eigenvalue weighted by Crippen LogP contribution is -2.05. The highest BCUT2D eigenvalue weighted by atomic mass is 16.5. The largest absolute Gasteiger partial charge is 0.497 e. The second-order valence-corrected chi connectivity index (χ2v) is 7.27. The van der Waals surface area contributed by atoms with Gasteiger partial charge in [0.1, 0.15) is 19.0 Å². The molecule has 0 aliphatic heterocycles. The molecule has 0 radical (unpaired) electrons. The maximum absolute atomic E-state index is 11.9. The molecule has 6 heteroatoms. The molecule has 0 saturated heterocycles. The number of methoxy groups -OCH3 is 1. The zero-order valence-corrected chi connectivity index (χ0v) is 18.1. The average molecular weight is 441 g/mol. The van der Waals surface area contributed by atoms with Gasteiger partial charge in [-0.3, -0.25) is 0 Å². The number of benzene rings is 3. The lowest BCUT2D eigenvalue weighted by atomic mass is 10.00. The van der Waals surface area contributed by atoms with Crippen LogP contribution in [0.2, 0.25) is 0 Å². The first kappa shape index (κ1) is 21.9. The maximum Gasteiger partial charge on any atom is 0.336 e. The van der Waals surface area contributed by atoms with E-state index < -0.39 is 5.97 Å². The second-order valence-electron chi connectivity index (χ2n) is 7.27. The summed E-state index contributed by atoms with van der Waals surface area (Å²) < 4.78 is 17.1. The Morgan fingerprint density at radius 1 is 0.788 bits per heavy atom. The molecule has 1 aromatic heterocycles. The molecule has 0 spiro atoms. The number of hydrogen-bond acceptors (Lipinski definition) is 5. The number of aromatic nitrogens is 1. The molecule has 4 rings (SSSR count). The van der Waals surface area contributed by atoms with Crippen molar-refractivity contribution in [1.82, 2.24) is 4.98 Å². The smallest absolute Gasteiger partial charge is 0.336 e. The summed E-state index contributed by atoms with van der Waals surface area (Å²) in [6.07, 6.45) is 0. The summed E-state index contributed by atoms with van der Waals surface area (Å²) in [4.78, 5) is 16.5. The SMILES string of the molecule is COc1ccc(-c2ccc(OCc3ccccc3)nc2OCc2ccccc2)c(C(=O)O)c1. The minimum Gasteiger partial charge on any atom is -0.497 e. The van der Waals surface area contributed by atoms with Crippen molar-refractivity contribution in [2.45, 2.75) is 13.2 Å². The lowest BCUT2D eigenvalue weighted by molar-refractivity contribution is 0.0697. The Balaban J connectivity index is 1.68. The van der Waals surface area contributed by atoms with Crippen molar-refractivity contribution in [2.75, 3.05) is 7.11 Å². The molecule has 0 bridgehead atoms. The van der Waals surface area contributed by atoms with Crippen molar-refractivity contribution in [3.8, 4) is 28.6 Å².